The fourth-order valence-electron chi connectivity index (χ4n) is 2.63. The number of carbonyl (C=O) groups excluding carboxylic acids is 2. The van der Waals surface area contributed by atoms with Crippen LogP contribution >= 0.6 is 11.6 Å². The molecule has 0 aromatic carbocycles. The number of hydrogen-bond acceptors (Lipinski definition) is 5. The lowest BCUT2D eigenvalue weighted by Gasteiger charge is -2.25. The molecule has 1 amide bonds. The smallest absolute Gasteiger partial charge is 0.255 e. The molecule has 2 rings (SSSR count). The van der Waals surface area contributed by atoms with E-state index in [2.05, 4.69) is 15.6 Å². The molecule has 25 heavy (non-hydrogen) atoms. The van der Waals surface area contributed by atoms with Crippen molar-refractivity contribution < 1.29 is 19.1 Å². The molecule has 1 aromatic heterocycles. The first kappa shape index (κ1) is 19.6. The minimum Gasteiger partial charge on any atom is -0.387 e. The Kier molecular flexibility index (Phi) is 6.35. The highest BCUT2D eigenvalue weighted by molar-refractivity contribution is 6.29. The maximum absolute atomic E-state index is 13.8. The fourth-order valence-corrected chi connectivity index (χ4v) is 2.78. The molecule has 0 spiro atoms. The Labute approximate surface area is 151 Å². The molecule has 1 aliphatic rings. The zero-order valence-electron chi connectivity index (χ0n) is 14.3. The van der Waals surface area contributed by atoms with Crippen LogP contribution in [0.4, 0.5) is 10.1 Å². The lowest BCUT2D eigenvalue weighted by Crippen LogP contribution is -2.42. The highest BCUT2D eigenvalue weighted by atomic mass is 35.5. The normalized spacial score (nSPS) is 19.4. The Morgan fingerprint density at radius 3 is 2.92 bits per heavy atom. The Morgan fingerprint density at radius 1 is 1.56 bits per heavy atom. The summed E-state index contributed by atoms with van der Waals surface area (Å²) in [5.74, 6) is -0.346. The summed E-state index contributed by atoms with van der Waals surface area (Å²) in [6.45, 7) is 2.34. The first-order chi connectivity index (χ1) is 11.7. The number of ketones is 1. The highest BCUT2D eigenvalue weighted by Gasteiger charge is 2.27. The van der Waals surface area contributed by atoms with E-state index in [0.717, 1.165) is 12.8 Å². The van der Waals surface area contributed by atoms with Crippen LogP contribution in [-0.4, -0.2) is 46.1 Å². The van der Waals surface area contributed by atoms with Gasteiger partial charge in [0.1, 0.15) is 17.1 Å². The van der Waals surface area contributed by atoms with Gasteiger partial charge in [-0.05, 0) is 32.8 Å². The van der Waals surface area contributed by atoms with Crippen LogP contribution < -0.4 is 10.6 Å². The lowest BCUT2D eigenvalue weighted by atomic mass is 9.94. The van der Waals surface area contributed by atoms with Crippen molar-refractivity contribution in [2.45, 2.75) is 57.3 Å². The molecular formula is C17H23ClFN3O3. The molecule has 0 bridgehead atoms. The molecule has 1 fully saturated rings. The van der Waals surface area contributed by atoms with E-state index in [1.54, 1.807) is 0 Å². The zero-order valence-corrected chi connectivity index (χ0v) is 15.1. The molecule has 138 valence electrons. The first-order valence-electron chi connectivity index (χ1n) is 8.25. The van der Waals surface area contributed by atoms with Gasteiger partial charge in [-0.2, -0.15) is 0 Å². The van der Waals surface area contributed by atoms with Gasteiger partial charge in [0, 0.05) is 25.1 Å². The average molecular weight is 372 g/mol. The van der Waals surface area contributed by atoms with Crippen molar-refractivity contribution in [2.75, 3.05) is 11.9 Å². The maximum atomic E-state index is 13.8. The third-order valence-electron chi connectivity index (χ3n) is 4.17. The topological polar surface area (TPSA) is 91.3 Å². The van der Waals surface area contributed by atoms with Crippen molar-refractivity contribution in [1.82, 2.24) is 10.3 Å². The molecule has 0 radical (unpaired) electrons. The first-order valence-corrected chi connectivity index (χ1v) is 8.63. The molecule has 8 heteroatoms. The van der Waals surface area contributed by atoms with Crippen LogP contribution in [0.5, 0.6) is 0 Å². The number of aromatic nitrogens is 1. The van der Waals surface area contributed by atoms with E-state index in [4.69, 9.17) is 11.6 Å². The number of amides is 1. The molecule has 0 saturated heterocycles. The summed E-state index contributed by atoms with van der Waals surface area (Å²) < 4.78 is 13.8. The van der Waals surface area contributed by atoms with Crippen LogP contribution in [0, 0.1) is 0 Å². The van der Waals surface area contributed by atoms with Crippen LogP contribution in [0.15, 0.2) is 12.3 Å². The molecule has 1 heterocycles. The second-order valence-electron chi connectivity index (χ2n) is 6.86. The molecule has 0 aliphatic heterocycles. The number of pyridine rings is 1. The van der Waals surface area contributed by atoms with Gasteiger partial charge in [-0.1, -0.05) is 11.6 Å². The molecule has 1 aromatic rings. The summed E-state index contributed by atoms with van der Waals surface area (Å²) >= 11 is 5.91. The Bertz CT molecular complexity index is 649. The molecule has 3 N–H and O–H groups in total. The van der Waals surface area contributed by atoms with E-state index in [0.29, 0.717) is 18.5 Å². The van der Waals surface area contributed by atoms with Crippen LogP contribution in [0.1, 0.15) is 49.9 Å². The minimum absolute atomic E-state index is 0.0726. The van der Waals surface area contributed by atoms with Crippen LogP contribution in [0.25, 0.3) is 0 Å². The molecule has 1 saturated carbocycles. The van der Waals surface area contributed by atoms with Crippen molar-refractivity contribution in [3.05, 3.63) is 23.0 Å². The molecule has 2 atom stereocenters. The number of carbonyl (C=O) groups is 2. The fraction of sp³-hybridized carbons (Fsp3) is 0.588. The second-order valence-corrected chi connectivity index (χ2v) is 7.25. The number of nitrogens with one attached hydrogen (secondary N) is 2. The summed E-state index contributed by atoms with van der Waals surface area (Å²) in [7, 11) is 0. The summed E-state index contributed by atoms with van der Waals surface area (Å²) in [5, 5.41) is 15.4. The Hall–Kier alpha value is -1.73. The number of alkyl halides is 1. The van der Waals surface area contributed by atoms with Crippen LogP contribution in [0.2, 0.25) is 5.15 Å². The molecule has 1 unspecified atom stereocenters. The van der Waals surface area contributed by atoms with Crippen molar-refractivity contribution in [1.29, 1.82) is 0 Å². The summed E-state index contributed by atoms with van der Waals surface area (Å²) in [4.78, 5) is 27.9. The van der Waals surface area contributed by atoms with E-state index < -0.39 is 17.7 Å². The van der Waals surface area contributed by atoms with E-state index in [9.17, 15) is 19.1 Å². The predicted octanol–water partition coefficient (Wildman–Crippen LogP) is 2.50. The number of rotatable bonds is 6. The number of Topliss-reactive ketones (excluding diaryl/α,β-unsaturated/α-hetero) is 1. The maximum Gasteiger partial charge on any atom is 0.255 e. The van der Waals surface area contributed by atoms with Crippen LogP contribution in [-0.2, 0) is 4.79 Å². The SMILES string of the molecule is CC(C)(O)C(F)CNC(=O)c1cnc(Cl)cc1N[C@H]1CCCC(=O)C1. The largest absolute Gasteiger partial charge is 0.387 e. The number of anilines is 1. The van der Waals surface area contributed by atoms with Gasteiger partial charge in [0.05, 0.1) is 23.4 Å². The van der Waals surface area contributed by atoms with E-state index in [1.807, 2.05) is 0 Å². The number of hydrogen-bond donors (Lipinski definition) is 3. The van der Waals surface area contributed by atoms with Gasteiger partial charge in [-0.25, -0.2) is 9.37 Å². The van der Waals surface area contributed by atoms with Gasteiger partial charge < -0.3 is 15.7 Å². The minimum atomic E-state index is -1.61. The molecular weight excluding hydrogens is 349 g/mol. The quantitative estimate of drug-likeness (QED) is 0.668. The monoisotopic (exact) mass is 371 g/mol. The lowest BCUT2D eigenvalue weighted by molar-refractivity contribution is -0.120. The van der Waals surface area contributed by atoms with Gasteiger partial charge in [-0.3, -0.25) is 9.59 Å². The van der Waals surface area contributed by atoms with E-state index in [-0.39, 0.29) is 29.1 Å². The van der Waals surface area contributed by atoms with Crippen molar-refractivity contribution in [2.24, 2.45) is 0 Å². The summed E-state index contributed by atoms with van der Waals surface area (Å²) in [5.41, 5.74) is -0.879. The predicted molar refractivity (Wildman–Crippen MR) is 93.7 cm³/mol. The Morgan fingerprint density at radius 2 is 2.28 bits per heavy atom. The van der Waals surface area contributed by atoms with Gasteiger partial charge in [0.15, 0.2) is 0 Å². The number of halogens is 2. The third-order valence-corrected chi connectivity index (χ3v) is 4.37. The van der Waals surface area contributed by atoms with Gasteiger partial charge in [0.25, 0.3) is 5.91 Å². The molecule has 6 nitrogen and oxygen atoms in total. The van der Waals surface area contributed by atoms with E-state index in [1.165, 1.54) is 26.1 Å². The standard InChI is InChI=1S/C17H23ClFN3O3/c1-17(2,25)14(19)9-21-16(24)12-8-20-15(18)7-13(12)22-10-4-3-5-11(23)6-10/h7-8,10,14,25H,3-6,9H2,1-2H3,(H,20,22)(H,21,24)/t10-,14?/m0/s1. The van der Waals surface area contributed by atoms with E-state index >= 15 is 0 Å². The highest BCUT2D eigenvalue weighted by Crippen LogP contribution is 2.24. The third kappa shape index (κ3) is 5.64. The van der Waals surface area contributed by atoms with Gasteiger partial charge in [0.2, 0.25) is 0 Å². The Balaban J connectivity index is 2.09. The number of aliphatic hydroxyl groups is 1. The average Bonchev–Trinajstić information content (AvgIpc) is 2.51. The molecule has 1 aliphatic carbocycles. The second kappa shape index (κ2) is 8.10. The zero-order chi connectivity index (χ0) is 18.6. The summed E-state index contributed by atoms with van der Waals surface area (Å²) in [6, 6.07) is 1.44. The van der Waals surface area contributed by atoms with Crippen LogP contribution in [0.3, 0.4) is 0 Å². The van der Waals surface area contributed by atoms with Crippen molar-refractivity contribution in [3.63, 3.8) is 0 Å². The summed E-state index contributed by atoms with van der Waals surface area (Å²) in [6.07, 6.45) is 2.29. The van der Waals surface area contributed by atoms with Crippen molar-refractivity contribution in [3.8, 4) is 0 Å². The van der Waals surface area contributed by atoms with Gasteiger partial charge in [-0.15, -0.1) is 0 Å². The van der Waals surface area contributed by atoms with Gasteiger partial charge >= 0.3 is 0 Å². The van der Waals surface area contributed by atoms with Crippen molar-refractivity contribution >= 4 is 29.0 Å². The number of nitrogens with zero attached hydrogens (tertiary/aromatic N) is 1.